The van der Waals surface area contributed by atoms with E-state index in [1.165, 1.54) is 0 Å². The summed E-state index contributed by atoms with van der Waals surface area (Å²) in [4.78, 5) is 13.1. The number of tetrazole rings is 1. The van der Waals surface area contributed by atoms with Crippen molar-refractivity contribution < 1.29 is 18.0 Å². The van der Waals surface area contributed by atoms with E-state index in [2.05, 4.69) is 36.7 Å². The number of benzene rings is 2. The van der Waals surface area contributed by atoms with E-state index in [0.29, 0.717) is 11.4 Å². The van der Waals surface area contributed by atoms with Gasteiger partial charge in [-0.25, -0.2) is 0 Å². The summed E-state index contributed by atoms with van der Waals surface area (Å²) in [5, 5.41) is 14.0. The number of anilines is 1. The third-order valence-electron chi connectivity index (χ3n) is 3.41. The minimum absolute atomic E-state index is 0.0153. The van der Waals surface area contributed by atoms with Crippen LogP contribution in [0.4, 0.5) is 18.9 Å². The van der Waals surface area contributed by atoms with Crippen LogP contribution in [0.5, 0.6) is 0 Å². The fraction of sp³-hybridized carbons (Fsp3) is 0.125. The van der Waals surface area contributed by atoms with Crippen LogP contribution in [0, 0.1) is 0 Å². The average molecular weight is 461 g/mol. The van der Waals surface area contributed by atoms with Gasteiger partial charge in [0.2, 0.25) is 11.7 Å². The quantitative estimate of drug-likeness (QED) is 0.626. The lowest BCUT2D eigenvalue weighted by molar-refractivity contribution is -0.137. The van der Waals surface area contributed by atoms with Crippen LogP contribution in [0.1, 0.15) is 5.56 Å². The molecule has 0 saturated heterocycles. The predicted molar refractivity (Wildman–Crippen MR) is 96.0 cm³/mol. The molecule has 0 fully saturated rings. The van der Waals surface area contributed by atoms with Crippen LogP contribution in [0.2, 0.25) is 5.02 Å². The number of nitrogens with one attached hydrogen (secondary N) is 1. The summed E-state index contributed by atoms with van der Waals surface area (Å²) in [5.74, 6) is -0.330. The highest BCUT2D eigenvalue weighted by Crippen LogP contribution is 2.33. The van der Waals surface area contributed by atoms with E-state index >= 15 is 0 Å². The number of hydrogen-bond donors (Lipinski definition) is 1. The molecule has 0 bridgehead atoms. The molecule has 0 spiro atoms. The van der Waals surface area contributed by atoms with E-state index in [4.69, 9.17) is 11.6 Å². The Hall–Kier alpha value is -2.46. The monoisotopic (exact) mass is 459 g/mol. The lowest BCUT2D eigenvalue weighted by Gasteiger charge is -2.11. The van der Waals surface area contributed by atoms with Crippen molar-refractivity contribution in [2.24, 2.45) is 0 Å². The summed E-state index contributed by atoms with van der Waals surface area (Å²) < 4.78 is 39.2. The molecule has 27 heavy (non-hydrogen) atoms. The van der Waals surface area contributed by atoms with Crippen molar-refractivity contribution in [3.8, 4) is 11.4 Å². The standard InChI is InChI=1S/C16H10BrClF3N5O/c17-11-4-1-9(2-5-11)15-23-25-26(24-15)8-14(27)22-13-7-10(16(19,20)21)3-6-12(13)18/h1-7H,8H2,(H,22,27). The molecule has 140 valence electrons. The zero-order valence-electron chi connectivity index (χ0n) is 13.3. The normalized spacial score (nSPS) is 11.4. The molecule has 1 aromatic heterocycles. The Morgan fingerprint density at radius 3 is 2.56 bits per heavy atom. The highest BCUT2D eigenvalue weighted by Gasteiger charge is 2.31. The molecule has 3 rings (SSSR count). The largest absolute Gasteiger partial charge is 0.416 e. The maximum absolute atomic E-state index is 12.8. The molecule has 0 unspecified atom stereocenters. The summed E-state index contributed by atoms with van der Waals surface area (Å²) in [6.45, 7) is -0.337. The van der Waals surface area contributed by atoms with Gasteiger partial charge >= 0.3 is 6.18 Å². The Bertz CT molecular complexity index is 975. The number of hydrogen-bond acceptors (Lipinski definition) is 4. The molecular weight excluding hydrogens is 451 g/mol. The number of rotatable bonds is 4. The van der Waals surface area contributed by atoms with Crippen molar-refractivity contribution >= 4 is 39.1 Å². The van der Waals surface area contributed by atoms with Gasteiger partial charge in [-0.05, 0) is 47.7 Å². The molecular formula is C16H10BrClF3N5O. The summed E-state index contributed by atoms with van der Waals surface area (Å²) in [6.07, 6.45) is -4.54. The van der Waals surface area contributed by atoms with Gasteiger partial charge in [0, 0.05) is 10.0 Å². The number of carbonyl (C=O) groups excluding carboxylic acids is 1. The average Bonchev–Trinajstić information content (AvgIpc) is 3.04. The number of halogens is 5. The van der Waals surface area contributed by atoms with Crippen molar-refractivity contribution in [1.29, 1.82) is 0 Å². The molecule has 0 radical (unpaired) electrons. The molecule has 0 aliphatic carbocycles. The highest BCUT2D eigenvalue weighted by atomic mass is 79.9. The van der Waals surface area contributed by atoms with Crippen molar-refractivity contribution in [2.45, 2.75) is 12.7 Å². The fourth-order valence-electron chi connectivity index (χ4n) is 2.14. The van der Waals surface area contributed by atoms with Gasteiger partial charge in [-0.1, -0.05) is 27.5 Å². The van der Waals surface area contributed by atoms with Crippen molar-refractivity contribution in [1.82, 2.24) is 20.2 Å². The van der Waals surface area contributed by atoms with Crippen LogP contribution in [0.25, 0.3) is 11.4 Å². The zero-order valence-corrected chi connectivity index (χ0v) is 15.7. The summed E-state index contributed by atoms with van der Waals surface area (Å²) in [6, 6.07) is 9.82. The fourth-order valence-corrected chi connectivity index (χ4v) is 2.57. The van der Waals surface area contributed by atoms with Crippen molar-refractivity contribution in [3.05, 3.63) is 57.5 Å². The SMILES string of the molecule is O=C(Cn1nnc(-c2ccc(Br)cc2)n1)Nc1cc(C(F)(F)F)ccc1Cl. The molecule has 3 aromatic rings. The Kier molecular flexibility index (Phi) is 5.47. The highest BCUT2D eigenvalue weighted by molar-refractivity contribution is 9.10. The van der Waals surface area contributed by atoms with Crippen molar-refractivity contribution in [3.63, 3.8) is 0 Å². The third kappa shape index (κ3) is 4.83. The number of alkyl halides is 3. The molecule has 1 N–H and O–H groups in total. The molecule has 0 aliphatic rings. The Morgan fingerprint density at radius 2 is 1.89 bits per heavy atom. The van der Waals surface area contributed by atoms with E-state index in [1.54, 1.807) is 24.3 Å². The second-order valence-electron chi connectivity index (χ2n) is 5.39. The molecule has 11 heteroatoms. The minimum Gasteiger partial charge on any atom is -0.323 e. The molecule has 1 amide bonds. The van der Waals surface area contributed by atoms with E-state index in [0.717, 1.165) is 27.5 Å². The Morgan fingerprint density at radius 1 is 1.19 bits per heavy atom. The van der Waals surface area contributed by atoms with Gasteiger partial charge in [0.15, 0.2) is 0 Å². The Labute approximate surface area is 164 Å². The van der Waals surface area contributed by atoms with Gasteiger partial charge in [-0.15, -0.1) is 10.2 Å². The third-order valence-corrected chi connectivity index (χ3v) is 4.27. The molecule has 0 saturated carbocycles. The lowest BCUT2D eigenvalue weighted by Crippen LogP contribution is -2.21. The van der Waals surface area contributed by atoms with Gasteiger partial charge in [0.1, 0.15) is 6.54 Å². The van der Waals surface area contributed by atoms with E-state index < -0.39 is 17.6 Å². The van der Waals surface area contributed by atoms with Gasteiger partial charge < -0.3 is 5.32 Å². The number of amides is 1. The van der Waals surface area contributed by atoms with Crippen LogP contribution in [-0.2, 0) is 17.5 Å². The maximum Gasteiger partial charge on any atom is 0.416 e. The summed E-state index contributed by atoms with van der Waals surface area (Å²) in [5.41, 5.74) is -0.367. The first-order valence-corrected chi connectivity index (χ1v) is 8.60. The first-order chi connectivity index (χ1) is 12.7. The Balaban J connectivity index is 1.71. The summed E-state index contributed by atoms with van der Waals surface area (Å²) >= 11 is 9.17. The van der Waals surface area contributed by atoms with Crippen LogP contribution in [0.15, 0.2) is 46.9 Å². The molecule has 1 heterocycles. The smallest absolute Gasteiger partial charge is 0.323 e. The van der Waals surface area contributed by atoms with Crippen LogP contribution >= 0.6 is 27.5 Å². The lowest BCUT2D eigenvalue weighted by atomic mass is 10.2. The molecule has 0 aliphatic heterocycles. The van der Waals surface area contributed by atoms with E-state index in [9.17, 15) is 18.0 Å². The maximum atomic E-state index is 12.8. The number of aromatic nitrogens is 4. The van der Waals surface area contributed by atoms with E-state index in [1.807, 2.05) is 0 Å². The zero-order chi connectivity index (χ0) is 19.6. The number of nitrogens with zero attached hydrogens (tertiary/aromatic N) is 4. The van der Waals surface area contributed by atoms with Crippen LogP contribution in [-0.4, -0.2) is 26.1 Å². The second-order valence-corrected chi connectivity index (χ2v) is 6.71. The van der Waals surface area contributed by atoms with Crippen LogP contribution < -0.4 is 5.32 Å². The molecule has 2 aromatic carbocycles. The number of carbonyl (C=O) groups is 1. The van der Waals surface area contributed by atoms with Gasteiger partial charge in [0.25, 0.3) is 0 Å². The van der Waals surface area contributed by atoms with Crippen LogP contribution in [0.3, 0.4) is 0 Å². The minimum atomic E-state index is -4.54. The predicted octanol–water partition coefficient (Wildman–Crippen LogP) is 4.41. The molecule has 0 atom stereocenters. The van der Waals surface area contributed by atoms with Gasteiger partial charge in [0.05, 0.1) is 16.3 Å². The first kappa shape index (κ1) is 19.3. The molecule has 6 nitrogen and oxygen atoms in total. The van der Waals surface area contributed by atoms with Crippen molar-refractivity contribution in [2.75, 3.05) is 5.32 Å². The first-order valence-electron chi connectivity index (χ1n) is 7.43. The van der Waals surface area contributed by atoms with Gasteiger partial charge in [-0.2, -0.15) is 18.0 Å². The topological polar surface area (TPSA) is 72.7 Å². The van der Waals surface area contributed by atoms with E-state index in [-0.39, 0.29) is 17.3 Å². The second kappa shape index (κ2) is 7.65. The van der Waals surface area contributed by atoms with Gasteiger partial charge in [-0.3, -0.25) is 4.79 Å². The summed E-state index contributed by atoms with van der Waals surface area (Å²) in [7, 11) is 0.